The molecule has 0 aromatic carbocycles. The van der Waals surface area contributed by atoms with Gasteiger partial charge in [-0.1, -0.05) is 0 Å². The second-order valence-corrected chi connectivity index (χ2v) is 5.57. The normalized spacial score (nSPS) is 28.5. The van der Waals surface area contributed by atoms with Crippen LogP contribution in [0.4, 0.5) is 5.82 Å². The molecule has 2 fully saturated rings. The third-order valence-corrected chi connectivity index (χ3v) is 4.49. The molecular formula is C15H21N3O2. The topological polar surface area (TPSA) is 54.5 Å². The predicted molar refractivity (Wildman–Crippen MR) is 76.9 cm³/mol. The number of pyridine rings is 1. The fourth-order valence-electron chi connectivity index (χ4n) is 3.44. The van der Waals surface area contributed by atoms with Gasteiger partial charge in [0.2, 0.25) is 0 Å². The first-order chi connectivity index (χ1) is 9.72. The SMILES string of the molecule is CCOC(=O)c1cccnc1N1CC2CNCC2C1C. The second-order valence-electron chi connectivity index (χ2n) is 5.57. The van der Waals surface area contributed by atoms with Crippen molar-refractivity contribution in [3.63, 3.8) is 0 Å². The molecule has 3 heterocycles. The van der Waals surface area contributed by atoms with E-state index >= 15 is 0 Å². The average Bonchev–Trinajstić information content (AvgIpc) is 3.03. The van der Waals surface area contributed by atoms with Gasteiger partial charge in [-0.05, 0) is 37.8 Å². The molecule has 0 bridgehead atoms. The zero-order valence-corrected chi connectivity index (χ0v) is 12.0. The van der Waals surface area contributed by atoms with Gasteiger partial charge in [0, 0.05) is 31.9 Å². The Hall–Kier alpha value is -1.62. The largest absolute Gasteiger partial charge is 0.462 e. The highest BCUT2D eigenvalue weighted by Crippen LogP contribution is 2.36. The average molecular weight is 275 g/mol. The maximum Gasteiger partial charge on any atom is 0.341 e. The molecule has 0 amide bonds. The molecule has 3 unspecified atom stereocenters. The van der Waals surface area contributed by atoms with Gasteiger partial charge in [0.25, 0.3) is 0 Å². The molecule has 0 aliphatic carbocycles. The molecule has 0 saturated carbocycles. The monoisotopic (exact) mass is 275 g/mol. The highest BCUT2D eigenvalue weighted by atomic mass is 16.5. The minimum absolute atomic E-state index is 0.280. The lowest BCUT2D eigenvalue weighted by Gasteiger charge is -2.26. The summed E-state index contributed by atoms with van der Waals surface area (Å²) in [6, 6.07) is 4.00. The molecule has 2 aliphatic rings. The third kappa shape index (κ3) is 2.16. The molecule has 0 spiro atoms. The zero-order chi connectivity index (χ0) is 14.1. The van der Waals surface area contributed by atoms with Crippen molar-refractivity contribution < 1.29 is 9.53 Å². The van der Waals surface area contributed by atoms with Crippen LogP contribution in [-0.4, -0.2) is 43.2 Å². The number of fused-ring (bicyclic) bond motifs is 1. The first-order valence-electron chi connectivity index (χ1n) is 7.32. The van der Waals surface area contributed by atoms with Crippen LogP contribution in [0.25, 0.3) is 0 Å². The summed E-state index contributed by atoms with van der Waals surface area (Å²) >= 11 is 0. The Morgan fingerprint density at radius 1 is 1.55 bits per heavy atom. The van der Waals surface area contributed by atoms with Gasteiger partial charge in [-0.25, -0.2) is 9.78 Å². The van der Waals surface area contributed by atoms with Gasteiger partial charge in [0.1, 0.15) is 11.4 Å². The molecule has 3 rings (SSSR count). The van der Waals surface area contributed by atoms with Crippen molar-refractivity contribution in [1.29, 1.82) is 0 Å². The maximum absolute atomic E-state index is 12.1. The summed E-state index contributed by atoms with van der Waals surface area (Å²) in [6.07, 6.45) is 1.75. The lowest BCUT2D eigenvalue weighted by Crippen LogP contribution is -2.35. The summed E-state index contributed by atoms with van der Waals surface area (Å²) in [6.45, 7) is 7.51. The summed E-state index contributed by atoms with van der Waals surface area (Å²) in [7, 11) is 0. The number of nitrogens with one attached hydrogen (secondary N) is 1. The van der Waals surface area contributed by atoms with Crippen LogP contribution in [0.5, 0.6) is 0 Å². The summed E-state index contributed by atoms with van der Waals surface area (Å²) < 4.78 is 5.14. The lowest BCUT2D eigenvalue weighted by atomic mass is 9.95. The Kier molecular flexibility index (Phi) is 3.61. The third-order valence-electron chi connectivity index (χ3n) is 4.49. The molecule has 1 aromatic heterocycles. The number of carbonyl (C=O) groups excluding carboxylic acids is 1. The fraction of sp³-hybridized carbons (Fsp3) is 0.600. The fourth-order valence-corrected chi connectivity index (χ4v) is 3.44. The van der Waals surface area contributed by atoms with E-state index in [1.165, 1.54) is 0 Å². The van der Waals surface area contributed by atoms with Gasteiger partial charge in [0.15, 0.2) is 0 Å². The van der Waals surface area contributed by atoms with E-state index in [-0.39, 0.29) is 5.97 Å². The Morgan fingerprint density at radius 3 is 3.15 bits per heavy atom. The van der Waals surface area contributed by atoms with Crippen molar-refractivity contribution in [3.8, 4) is 0 Å². The molecular weight excluding hydrogens is 254 g/mol. The van der Waals surface area contributed by atoms with Crippen LogP contribution in [-0.2, 0) is 4.74 Å². The number of ether oxygens (including phenoxy) is 1. The summed E-state index contributed by atoms with van der Waals surface area (Å²) in [4.78, 5) is 18.8. The number of hydrogen-bond donors (Lipinski definition) is 1. The van der Waals surface area contributed by atoms with Gasteiger partial charge < -0.3 is 15.0 Å². The molecule has 2 aliphatic heterocycles. The number of hydrogen-bond acceptors (Lipinski definition) is 5. The number of esters is 1. The highest BCUT2D eigenvalue weighted by molar-refractivity contribution is 5.94. The molecule has 3 atom stereocenters. The summed E-state index contributed by atoms with van der Waals surface area (Å²) in [5, 5.41) is 3.45. The molecule has 1 aromatic rings. The van der Waals surface area contributed by atoms with Crippen molar-refractivity contribution >= 4 is 11.8 Å². The van der Waals surface area contributed by atoms with Crippen LogP contribution in [0.2, 0.25) is 0 Å². The molecule has 1 N–H and O–H groups in total. The van der Waals surface area contributed by atoms with E-state index in [0.29, 0.717) is 30.0 Å². The minimum Gasteiger partial charge on any atom is -0.462 e. The molecule has 108 valence electrons. The summed E-state index contributed by atoms with van der Waals surface area (Å²) in [5.74, 6) is 1.79. The molecule has 5 heteroatoms. The Morgan fingerprint density at radius 2 is 2.40 bits per heavy atom. The Bertz CT molecular complexity index is 506. The maximum atomic E-state index is 12.1. The summed E-state index contributed by atoms with van der Waals surface area (Å²) in [5.41, 5.74) is 0.578. The van der Waals surface area contributed by atoms with Crippen molar-refractivity contribution in [3.05, 3.63) is 23.9 Å². The van der Waals surface area contributed by atoms with E-state index in [1.54, 1.807) is 18.3 Å². The van der Waals surface area contributed by atoms with Gasteiger partial charge in [-0.3, -0.25) is 0 Å². The predicted octanol–water partition coefficient (Wildman–Crippen LogP) is 1.30. The quantitative estimate of drug-likeness (QED) is 0.843. The smallest absolute Gasteiger partial charge is 0.341 e. The molecule has 0 radical (unpaired) electrons. The van der Waals surface area contributed by atoms with Gasteiger partial charge in [-0.2, -0.15) is 0 Å². The number of anilines is 1. The number of rotatable bonds is 3. The first-order valence-corrected chi connectivity index (χ1v) is 7.32. The van der Waals surface area contributed by atoms with E-state index in [9.17, 15) is 4.79 Å². The number of carbonyl (C=O) groups is 1. The van der Waals surface area contributed by atoms with Crippen molar-refractivity contribution in [2.45, 2.75) is 19.9 Å². The van der Waals surface area contributed by atoms with Crippen LogP contribution < -0.4 is 10.2 Å². The van der Waals surface area contributed by atoms with E-state index in [2.05, 4.69) is 22.1 Å². The number of aromatic nitrogens is 1. The van der Waals surface area contributed by atoms with Crippen molar-refractivity contribution in [2.75, 3.05) is 31.1 Å². The highest BCUT2D eigenvalue weighted by Gasteiger charge is 2.43. The van der Waals surface area contributed by atoms with Crippen LogP contribution >= 0.6 is 0 Å². The van der Waals surface area contributed by atoms with E-state index < -0.39 is 0 Å². The lowest BCUT2D eigenvalue weighted by molar-refractivity contribution is 0.0526. The Labute approximate surface area is 119 Å². The van der Waals surface area contributed by atoms with Crippen molar-refractivity contribution in [1.82, 2.24) is 10.3 Å². The second kappa shape index (κ2) is 5.40. The molecule has 20 heavy (non-hydrogen) atoms. The van der Waals surface area contributed by atoms with E-state index in [4.69, 9.17) is 4.74 Å². The van der Waals surface area contributed by atoms with Crippen LogP contribution in [0, 0.1) is 11.8 Å². The molecule has 2 saturated heterocycles. The standard InChI is InChI=1S/C15H21N3O2/c1-3-20-15(19)12-5-4-6-17-14(12)18-9-11-7-16-8-13(11)10(18)2/h4-6,10-11,13,16H,3,7-9H2,1-2H3. The Balaban J connectivity index is 1.89. The molecule has 5 nitrogen and oxygen atoms in total. The zero-order valence-electron chi connectivity index (χ0n) is 12.0. The van der Waals surface area contributed by atoms with Crippen LogP contribution in [0.15, 0.2) is 18.3 Å². The first kappa shape index (κ1) is 13.4. The van der Waals surface area contributed by atoms with Crippen molar-refractivity contribution in [2.24, 2.45) is 11.8 Å². The van der Waals surface area contributed by atoms with Gasteiger partial charge >= 0.3 is 5.97 Å². The van der Waals surface area contributed by atoms with Gasteiger partial charge in [0.05, 0.1) is 6.61 Å². The minimum atomic E-state index is -0.280. The van der Waals surface area contributed by atoms with E-state index in [0.717, 1.165) is 25.5 Å². The van der Waals surface area contributed by atoms with Crippen LogP contribution in [0.3, 0.4) is 0 Å². The van der Waals surface area contributed by atoms with E-state index in [1.807, 2.05) is 6.92 Å². The van der Waals surface area contributed by atoms with Gasteiger partial charge in [-0.15, -0.1) is 0 Å². The van der Waals surface area contributed by atoms with Crippen LogP contribution in [0.1, 0.15) is 24.2 Å². The number of nitrogens with zero attached hydrogens (tertiary/aromatic N) is 2.